The average molecular weight is 248 g/mol. The van der Waals surface area contributed by atoms with Crippen LogP contribution in [0.1, 0.15) is 32.3 Å². The fourth-order valence-electron chi connectivity index (χ4n) is 2.44. The Morgan fingerprint density at radius 1 is 1.33 bits per heavy atom. The molecule has 3 nitrogen and oxygen atoms in total. The first-order valence-electron chi connectivity index (χ1n) is 6.87. The van der Waals surface area contributed by atoms with Gasteiger partial charge in [0.05, 0.1) is 6.10 Å². The van der Waals surface area contributed by atoms with Crippen molar-refractivity contribution in [1.82, 2.24) is 4.90 Å². The molecule has 1 heterocycles. The van der Waals surface area contributed by atoms with E-state index in [1.807, 2.05) is 13.8 Å². The van der Waals surface area contributed by atoms with Gasteiger partial charge in [-0.15, -0.1) is 0 Å². The summed E-state index contributed by atoms with van der Waals surface area (Å²) >= 11 is 0. The van der Waals surface area contributed by atoms with Gasteiger partial charge in [0.1, 0.15) is 5.75 Å². The fraction of sp³-hybridized carbons (Fsp3) is 0.600. The summed E-state index contributed by atoms with van der Waals surface area (Å²) in [6.45, 7) is 7.27. The molecule has 18 heavy (non-hydrogen) atoms. The highest BCUT2D eigenvalue weighted by atomic mass is 16.5. The first kappa shape index (κ1) is 13.4. The van der Waals surface area contributed by atoms with Gasteiger partial charge in [0, 0.05) is 19.1 Å². The molecule has 0 radical (unpaired) electrons. The van der Waals surface area contributed by atoms with Crippen LogP contribution < -0.4 is 10.5 Å². The minimum atomic E-state index is 0.232. The minimum Gasteiger partial charge on any atom is -0.491 e. The molecule has 1 unspecified atom stereocenters. The van der Waals surface area contributed by atoms with Gasteiger partial charge < -0.3 is 10.5 Å². The molecule has 1 aromatic rings. The van der Waals surface area contributed by atoms with Gasteiger partial charge >= 0.3 is 0 Å². The topological polar surface area (TPSA) is 38.5 Å². The smallest absolute Gasteiger partial charge is 0.119 e. The molecule has 1 aromatic carbocycles. The number of hydrogen-bond donors (Lipinski definition) is 1. The predicted octanol–water partition coefficient (Wildman–Crippen LogP) is 2.40. The van der Waals surface area contributed by atoms with Gasteiger partial charge in [-0.3, -0.25) is 4.90 Å². The summed E-state index contributed by atoms with van der Waals surface area (Å²) in [5.41, 5.74) is 7.33. The number of hydrogen-bond acceptors (Lipinski definition) is 3. The molecule has 1 atom stereocenters. The zero-order valence-corrected chi connectivity index (χ0v) is 11.4. The highest BCUT2D eigenvalue weighted by molar-refractivity contribution is 5.27. The van der Waals surface area contributed by atoms with Crippen LogP contribution in [0.5, 0.6) is 5.75 Å². The number of piperidine rings is 1. The van der Waals surface area contributed by atoms with E-state index in [0.717, 1.165) is 31.8 Å². The van der Waals surface area contributed by atoms with Crippen LogP contribution >= 0.6 is 0 Å². The summed E-state index contributed by atoms with van der Waals surface area (Å²) in [4.78, 5) is 2.44. The number of likely N-dealkylation sites (tertiary alicyclic amines) is 1. The Bertz CT molecular complexity index is 361. The van der Waals surface area contributed by atoms with Crippen molar-refractivity contribution in [3.8, 4) is 5.75 Å². The lowest BCUT2D eigenvalue weighted by molar-refractivity contribution is 0.201. The van der Waals surface area contributed by atoms with Crippen molar-refractivity contribution in [3.63, 3.8) is 0 Å². The van der Waals surface area contributed by atoms with Crippen LogP contribution in [0.3, 0.4) is 0 Å². The normalized spacial score (nSPS) is 21.2. The van der Waals surface area contributed by atoms with Gasteiger partial charge in [0.15, 0.2) is 0 Å². The fourth-order valence-corrected chi connectivity index (χ4v) is 2.44. The van der Waals surface area contributed by atoms with E-state index in [-0.39, 0.29) is 6.10 Å². The van der Waals surface area contributed by atoms with E-state index >= 15 is 0 Å². The summed E-state index contributed by atoms with van der Waals surface area (Å²) in [7, 11) is 0. The van der Waals surface area contributed by atoms with Crippen molar-refractivity contribution >= 4 is 0 Å². The van der Waals surface area contributed by atoms with Gasteiger partial charge in [-0.1, -0.05) is 12.1 Å². The van der Waals surface area contributed by atoms with Crippen LogP contribution in [0, 0.1) is 0 Å². The van der Waals surface area contributed by atoms with Crippen molar-refractivity contribution in [2.45, 2.75) is 45.4 Å². The SMILES string of the molecule is CC(C)Oc1ccc(CN2CCCC(N)C2)cc1. The third kappa shape index (κ3) is 4.00. The molecular formula is C15H24N2O. The third-order valence-corrected chi connectivity index (χ3v) is 3.24. The van der Waals surface area contributed by atoms with E-state index in [4.69, 9.17) is 10.5 Å². The standard InChI is InChI=1S/C15H24N2O/c1-12(2)18-15-7-5-13(6-8-15)10-17-9-3-4-14(16)11-17/h5-8,12,14H,3-4,9-11,16H2,1-2H3. The van der Waals surface area contributed by atoms with Crippen LogP contribution in [0.15, 0.2) is 24.3 Å². The number of benzene rings is 1. The Morgan fingerprint density at radius 3 is 2.67 bits per heavy atom. The van der Waals surface area contributed by atoms with Crippen LogP contribution in [0.4, 0.5) is 0 Å². The van der Waals surface area contributed by atoms with E-state index in [9.17, 15) is 0 Å². The lowest BCUT2D eigenvalue weighted by Gasteiger charge is -2.30. The molecule has 2 N–H and O–H groups in total. The number of nitrogens with zero attached hydrogens (tertiary/aromatic N) is 1. The first-order chi connectivity index (χ1) is 8.63. The zero-order valence-electron chi connectivity index (χ0n) is 11.4. The number of rotatable bonds is 4. The summed E-state index contributed by atoms with van der Waals surface area (Å²) in [5, 5.41) is 0. The van der Waals surface area contributed by atoms with Crippen LogP contribution in [-0.2, 0) is 6.54 Å². The summed E-state index contributed by atoms with van der Waals surface area (Å²) in [6, 6.07) is 8.76. The van der Waals surface area contributed by atoms with Crippen molar-refractivity contribution < 1.29 is 4.74 Å². The Balaban J connectivity index is 1.89. The van der Waals surface area contributed by atoms with Crippen LogP contribution in [0.2, 0.25) is 0 Å². The van der Waals surface area contributed by atoms with Gasteiger partial charge in [-0.2, -0.15) is 0 Å². The van der Waals surface area contributed by atoms with Crippen molar-refractivity contribution in [3.05, 3.63) is 29.8 Å². The van der Waals surface area contributed by atoms with Gasteiger partial charge in [-0.05, 0) is 50.9 Å². The summed E-state index contributed by atoms with van der Waals surface area (Å²) in [5.74, 6) is 0.948. The highest BCUT2D eigenvalue weighted by Gasteiger charge is 2.16. The minimum absolute atomic E-state index is 0.232. The van der Waals surface area contributed by atoms with Crippen molar-refractivity contribution in [2.24, 2.45) is 5.73 Å². The van der Waals surface area contributed by atoms with E-state index in [1.165, 1.54) is 12.0 Å². The van der Waals surface area contributed by atoms with Crippen LogP contribution in [-0.4, -0.2) is 30.1 Å². The lowest BCUT2D eigenvalue weighted by atomic mass is 10.1. The Morgan fingerprint density at radius 2 is 2.06 bits per heavy atom. The van der Waals surface area contributed by atoms with E-state index in [2.05, 4.69) is 29.2 Å². The Hall–Kier alpha value is -1.06. The molecule has 0 aromatic heterocycles. The summed E-state index contributed by atoms with van der Waals surface area (Å²) < 4.78 is 5.64. The van der Waals surface area contributed by atoms with Gasteiger partial charge in [0.25, 0.3) is 0 Å². The molecule has 1 aliphatic rings. The maximum absolute atomic E-state index is 6.00. The molecule has 0 saturated carbocycles. The molecule has 0 aliphatic carbocycles. The molecule has 100 valence electrons. The first-order valence-corrected chi connectivity index (χ1v) is 6.87. The highest BCUT2D eigenvalue weighted by Crippen LogP contribution is 2.17. The molecular weight excluding hydrogens is 224 g/mol. The Labute approximate surface area is 110 Å². The molecule has 2 rings (SSSR count). The second-order valence-electron chi connectivity index (χ2n) is 5.45. The molecule has 1 aliphatic heterocycles. The van der Waals surface area contributed by atoms with Crippen LogP contribution in [0.25, 0.3) is 0 Å². The van der Waals surface area contributed by atoms with Crippen molar-refractivity contribution in [1.29, 1.82) is 0 Å². The van der Waals surface area contributed by atoms with E-state index in [0.29, 0.717) is 6.04 Å². The van der Waals surface area contributed by atoms with E-state index < -0.39 is 0 Å². The van der Waals surface area contributed by atoms with Gasteiger partial charge in [0.2, 0.25) is 0 Å². The molecule has 0 spiro atoms. The molecule has 0 amide bonds. The number of ether oxygens (including phenoxy) is 1. The zero-order chi connectivity index (χ0) is 13.0. The Kier molecular flexibility index (Phi) is 4.61. The molecule has 1 saturated heterocycles. The summed E-state index contributed by atoms with van der Waals surface area (Å²) in [6.07, 6.45) is 2.61. The second-order valence-corrected chi connectivity index (χ2v) is 5.45. The maximum Gasteiger partial charge on any atom is 0.119 e. The predicted molar refractivity (Wildman–Crippen MR) is 74.7 cm³/mol. The van der Waals surface area contributed by atoms with Crippen molar-refractivity contribution in [2.75, 3.05) is 13.1 Å². The molecule has 1 fully saturated rings. The van der Waals surface area contributed by atoms with E-state index in [1.54, 1.807) is 0 Å². The largest absolute Gasteiger partial charge is 0.491 e. The second kappa shape index (κ2) is 6.21. The monoisotopic (exact) mass is 248 g/mol. The average Bonchev–Trinajstić information content (AvgIpc) is 2.31. The number of nitrogens with two attached hydrogens (primary N) is 1. The maximum atomic E-state index is 6.00. The third-order valence-electron chi connectivity index (χ3n) is 3.24. The lowest BCUT2D eigenvalue weighted by Crippen LogP contribution is -2.42. The quantitative estimate of drug-likeness (QED) is 0.889. The van der Waals surface area contributed by atoms with Gasteiger partial charge in [-0.25, -0.2) is 0 Å². The molecule has 0 bridgehead atoms. The molecule has 3 heteroatoms.